The second-order valence-corrected chi connectivity index (χ2v) is 13.6. The molecule has 0 heterocycles. The van der Waals surface area contributed by atoms with Crippen LogP contribution in [0.5, 0.6) is 0 Å². The van der Waals surface area contributed by atoms with E-state index in [-0.39, 0.29) is 0 Å². The predicted molar refractivity (Wildman–Crippen MR) is 205 cm³/mol. The highest BCUT2D eigenvalue weighted by Crippen LogP contribution is 2.51. The Morgan fingerprint density at radius 1 is 0.261 bits per heavy atom. The molecule has 0 unspecified atom stereocenters. The summed E-state index contributed by atoms with van der Waals surface area (Å²) in [5, 5.41) is 10.1. The van der Waals surface area contributed by atoms with E-state index >= 15 is 0 Å². The second-order valence-electron chi connectivity index (χ2n) is 11.9. The van der Waals surface area contributed by atoms with Gasteiger partial charge in [-0.1, -0.05) is 171 Å². The fourth-order valence-electron chi connectivity index (χ4n) is 7.34. The maximum Gasteiger partial charge on any atom is 0.0260 e. The van der Waals surface area contributed by atoms with E-state index in [4.69, 9.17) is 0 Å². The molecule has 46 heavy (non-hydrogen) atoms. The molecular weight excluding hydrogens is 688 g/mol. The van der Waals surface area contributed by atoms with Crippen LogP contribution in [0, 0.1) is 0 Å². The molecule has 216 valence electrons. The Balaban J connectivity index is 1.52. The first-order valence-corrected chi connectivity index (χ1v) is 17.1. The van der Waals surface area contributed by atoms with E-state index < -0.39 is 0 Å². The molecule has 9 rings (SSSR count). The smallest absolute Gasteiger partial charge is 0.0260 e. The number of rotatable bonds is 4. The third kappa shape index (κ3) is 4.25. The first kappa shape index (κ1) is 27.5. The van der Waals surface area contributed by atoms with Crippen LogP contribution in [0.25, 0.3) is 87.6 Å². The molecule has 0 saturated carbocycles. The van der Waals surface area contributed by atoms with Gasteiger partial charge in [-0.25, -0.2) is 0 Å². The summed E-state index contributed by atoms with van der Waals surface area (Å²) in [6.07, 6.45) is 0. The summed E-state index contributed by atoms with van der Waals surface area (Å²) in [6, 6.07) is 57.4. The van der Waals surface area contributed by atoms with E-state index in [9.17, 15) is 0 Å². The van der Waals surface area contributed by atoms with E-state index in [1.54, 1.807) is 0 Å². The Kier molecular flexibility index (Phi) is 6.55. The van der Waals surface area contributed by atoms with Gasteiger partial charge in [0.05, 0.1) is 0 Å². The third-order valence-electron chi connectivity index (χ3n) is 9.37. The lowest BCUT2D eigenvalue weighted by atomic mass is 9.82. The summed E-state index contributed by atoms with van der Waals surface area (Å²) in [5.74, 6) is 0. The van der Waals surface area contributed by atoms with Crippen molar-refractivity contribution >= 4 is 74.9 Å². The molecular formula is C44H26Br2. The van der Waals surface area contributed by atoms with Crippen molar-refractivity contribution in [1.29, 1.82) is 0 Å². The number of hydrogen-bond donors (Lipinski definition) is 0. The molecule has 0 aliphatic heterocycles. The Morgan fingerprint density at radius 2 is 0.804 bits per heavy atom. The zero-order chi connectivity index (χ0) is 30.8. The fraction of sp³-hybridized carbons (Fsp3) is 0. The monoisotopic (exact) mass is 712 g/mol. The summed E-state index contributed by atoms with van der Waals surface area (Å²) in [6.45, 7) is 0. The van der Waals surface area contributed by atoms with Gasteiger partial charge in [0.25, 0.3) is 0 Å². The van der Waals surface area contributed by atoms with Crippen LogP contribution in [-0.2, 0) is 0 Å². The van der Waals surface area contributed by atoms with Gasteiger partial charge in [0.2, 0.25) is 0 Å². The van der Waals surface area contributed by atoms with E-state index in [0.717, 1.165) is 8.95 Å². The van der Waals surface area contributed by atoms with Crippen molar-refractivity contribution in [2.45, 2.75) is 0 Å². The van der Waals surface area contributed by atoms with Gasteiger partial charge in [-0.05, 0) is 106 Å². The minimum Gasteiger partial charge on any atom is -0.0622 e. The van der Waals surface area contributed by atoms with E-state index in [1.165, 1.54) is 87.6 Å². The molecule has 0 N–H and O–H groups in total. The van der Waals surface area contributed by atoms with Crippen LogP contribution in [0.1, 0.15) is 0 Å². The molecule has 0 aromatic heterocycles. The predicted octanol–water partition coefficient (Wildman–Crippen LogP) is 13.9. The van der Waals surface area contributed by atoms with Crippen LogP contribution in [0.3, 0.4) is 0 Å². The zero-order valence-electron chi connectivity index (χ0n) is 24.8. The Hall–Kier alpha value is -4.76. The van der Waals surface area contributed by atoms with Crippen molar-refractivity contribution in [3.8, 4) is 44.5 Å². The molecule has 9 aromatic carbocycles. The lowest BCUT2D eigenvalue weighted by molar-refractivity contribution is 1.57. The summed E-state index contributed by atoms with van der Waals surface area (Å²) < 4.78 is 2.21. The lowest BCUT2D eigenvalue weighted by Gasteiger charge is -2.22. The van der Waals surface area contributed by atoms with Crippen molar-refractivity contribution in [2.75, 3.05) is 0 Å². The van der Waals surface area contributed by atoms with Crippen LogP contribution in [-0.4, -0.2) is 0 Å². The van der Waals surface area contributed by atoms with Crippen molar-refractivity contribution in [3.05, 3.63) is 167 Å². The maximum absolute atomic E-state index is 4.07. The second kappa shape index (κ2) is 10.9. The van der Waals surface area contributed by atoms with Crippen LogP contribution in [0.15, 0.2) is 167 Å². The summed E-state index contributed by atoms with van der Waals surface area (Å²) in [7, 11) is 0. The Bertz CT molecular complexity index is 2570. The molecule has 0 bridgehead atoms. The van der Waals surface area contributed by atoms with Gasteiger partial charge in [0, 0.05) is 8.95 Å². The topological polar surface area (TPSA) is 0 Å². The highest BCUT2D eigenvalue weighted by molar-refractivity contribution is 9.11. The molecule has 0 aliphatic carbocycles. The van der Waals surface area contributed by atoms with Crippen molar-refractivity contribution in [1.82, 2.24) is 0 Å². The highest BCUT2D eigenvalue weighted by atomic mass is 79.9. The molecule has 2 heteroatoms. The summed E-state index contributed by atoms with van der Waals surface area (Å²) >= 11 is 7.98. The van der Waals surface area contributed by atoms with Gasteiger partial charge in [-0.2, -0.15) is 0 Å². The van der Waals surface area contributed by atoms with Crippen molar-refractivity contribution in [3.63, 3.8) is 0 Å². The first-order valence-electron chi connectivity index (χ1n) is 15.5. The molecule has 0 spiro atoms. The van der Waals surface area contributed by atoms with Crippen molar-refractivity contribution < 1.29 is 0 Å². The Labute approximate surface area is 284 Å². The van der Waals surface area contributed by atoms with E-state index in [2.05, 4.69) is 190 Å². The molecule has 9 aromatic rings. The molecule has 0 fully saturated rings. The van der Waals surface area contributed by atoms with E-state index in [1.807, 2.05) is 0 Å². The van der Waals surface area contributed by atoms with Gasteiger partial charge in [0.1, 0.15) is 0 Å². The van der Waals surface area contributed by atoms with Gasteiger partial charge in [0.15, 0.2) is 0 Å². The average Bonchev–Trinajstić information content (AvgIpc) is 3.12. The zero-order valence-corrected chi connectivity index (χ0v) is 27.9. The van der Waals surface area contributed by atoms with Gasteiger partial charge in [-0.15, -0.1) is 0 Å². The van der Waals surface area contributed by atoms with E-state index in [0.29, 0.717) is 0 Å². The molecule has 0 atom stereocenters. The quantitative estimate of drug-likeness (QED) is 0.126. The number of halogens is 2. The summed E-state index contributed by atoms with van der Waals surface area (Å²) in [5.41, 5.74) is 9.75. The average molecular weight is 714 g/mol. The minimum atomic E-state index is 1.10. The molecule has 0 nitrogen and oxygen atoms in total. The summed E-state index contributed by atoms with van der Waals surface area (Å²) in [4.78, 5) is 0. The SMILES string of the molecule is Brc1ccc2c3c(-c4cc(-c5ccccc5)ccc4-c4ccccc4)cc(Br)c4ccc(-c5ccccc5)c(c5cccc1c52)c43. The first-order chi connectivity index (χ1) is 22.7. The molecule has 0 saturated heterocycles. The number of fused-ring (bicyclic) bond motifs is 2. The van der Waals surface area contributed by atoms with Crippen LogP contribution >= 0.6 is 31.9 Å². The van der Waals surface area contributed by atoms with Crippen LogP contribution in [0.4, 0.5) is 0 Å². The number of benzene rings is 9. The minimum absolute atomic E-state index is 1.10. The molecule has 0 amide bonds. The lowest BCUT2D eigenvalue weighted by Crippen LogP contribution is -1.95. The number of hydrogen-bond acceptors (Lipinski definition) is 0. The molecule has 0 radical (unpaired) electrons. The van der Waals surface area contributed by atoms with Gasteiger partial charge in [-0.3, -0.25) is 0 Å². The highest BCUT2D eigenvalue weighted by Gasteiger charge is 2.23. The van der Waals surface area contributed by atoms with Crippen LogP contribution in [0.2, 0.25) is 0 Å². The maximum atomic E-state index is 4.07. The molecule has 0 aliphatic rings. The Morgan fingerprint density at radius 3 is 1.52 bits per heavy atom. The standard InChI is InChI=1S/C44H26Br2/c45-39-24-23-36-41-33(39)17-10-18-35(41)42-32(29-15-8-3-9-16-29)21-22-34-40(46)26-38(43(36)44(34)42)37-25-30(27-11-4-1-5-12-27)19-20-31(37)28-13-6-2-7-14-28/h1-26H. The van der Waals surface area contributed by atoms with Gasteiger partial charge < -0.3 is 0 Å². The fourth-order valence-corrected chi connectivity index (χ4v) is 8.36. The van der Waals surface area contributed by atoms with Crippen molar-refractivity contribution in [2.24, 2.45) is 0 Å². The normalized spacial score (nSPS) is 11.7. The third-order valence-corrected chi connectivity index (χ3v) is 10.7. The largest absolute Gasteiger partial charge is 0.0622 e. The van der Waals surface area contributed by atoms with Crippen LogP contribution < -0.4 is 0 Å². The van der Waals surface area contributed by atoms with Gasteiger partial charge >= 0.3 is 0 Å².